The number of nitrogens with one attached hydrogen (secondary N) is 2. The monoisotopic (exact) mass is 522 g/mol. The van der Waals surface area contributed by atoms with Gasteiger partial charge in [0.25, 0.3) is 5.91 Å². The molecule has 0 spiro atoms. The number of aryl methyl sites for hydroxylation is 1. The molecule has 1 saturated carbocycles. The topological polar surface area (TPSA) is 99.6 Å². The normalized spacial score (nSPS) is 14.1. The molecule has 1 aromatic heterocycles. The lowest BCUT2D eigenvalue weighted by atomic mass is 10.1. The zero-order valence-electron chi connectivity index (χ0n) is 19.8. The summed E-state index contributed by atoms with van der Waals surface area (Å²) in [5.74, 6) is -1.23. The van der Waals surface area contributed by atoms with Gasteiger partial charge in [-0.2, -0.15) is 9.40 Å². The van der Waals surface area contributed by atoms with E-state index in [4.69, 9.17) is 11.6 Å². The average Bonchev–Trinajstić information content (AvgIpc) is 3.55. The molecule has 188 valence electrons. The fraction of sp³-hybridized carbons (Fsp3) is 0.391. The molecule has 0 bridgehead atoms. The van der Waals surface area contributed by atoms with Crippen LogP contribution in [0.2, 0.25) is 5.02 Å². The molecule has 0 aliphatic heterocycles. The number of likely N-dealkylation sites (N-methyl/N-ethyl adjacent to an activating group) is 1. The molecule has 0 unspecified atom stereocenters. The maximum Gasteiger partial charge on any atom is 0.274 e. The first-order chi connectivity index (χ1) is 16.5. The van der Waals surface area contributed by atoms with E-state index >= 15 is 0 Å². The number of hydrogen-bond donors (Lipinski definition) is 2. The zero-order chi connectivity index (χ0) is 25.3. The summed E-state index contributed by atoms with van der Waals surface area (Å²) in [7, 11) is 1.98. The lowest BCUT2D eigenvalue weighted by Gasteiger charge is -2.24. The van der Waals surface area contributed by atoms with Gasteiger partial charge in [0.2, 0.25) is 10.0 Å². The Bertz CT molecular complexity index is 1360. The van der Waals surface area contributed by atoms with Gasteiger partial charge in [0, 0.05) is 42.9 Å². The van der Waals surface area contributed by atoms with E-state index in [2.05, 4.69) is 15.7 Å². The van der Waals surface area contributed by atoms with Crippen molar-refractivity contribution in [1.29, 1.82) is 0 Å². The molecule has 0 atom stereocenters. The minimum Gasteiger partial charge on any atom is -0.370 e. The smallest absolute Gasteiger partial charge is 0.274 e. The molecule has 12 heteroatoms. The first-order valence-corrected chi connectivity index (χ1v) is 13.1. The van der Waals surface area contributed by atoms with Gasteiger partial charge in [-0.3, -0.25) is 9.48 Å². The summed E-state index contributed by atoms with van der Waals surface area (Å²) in [4.78, 5) is 14.9. The number of rotatable bonds is 10. The van der Waals surface area contributed by atoms with Gasteiger partial charge in [0.1, 0.15) is 17.4 Å². The third-order valence-electron chi connectivity index (χ3n) is 5.76. The Labute approximate surface area is 208 Å². The summed E-state index contributed by atoms with van der Waals surface area (Å²) in [5.41, 5.74) is 1.78. The van der Waals surface area contributed by atoms with E-state index in [-0.39, 0.29) is 16.9 Å². The number of benzene rings is 2. The number of hydrogen-bond acceptors (Lipinski definition) is 6. The summed E-state index contributed by atoms with van der Waals surface area (Å²) >= 11 is 5.80. The highest BCUT2D eigenvalue weighted by Crippen LogP contribution is 2.30. The Morgan fingerprint density at radius 2 is 1.89 bits per heavy atom. The van der Waals surface area contributed by atoms with E-state index in [0.29, 0.717) is 41.1 Å². The van der Waals surface area contributed by atoms with Crippen LogP contribution in [0.5, 0.6) is 0 Å². The van der Waals surface area contributed by atoms with Crippen molar-refractivity contribution in [2.45, 2.75) is 18.9 Å². The number of sulfonamides is 1. The van der Waals surface area contributed by atoms with Crippen LogP contribution in [0.3, 0.4) is 0 Å². The SMILES string of the molecule is CN(C)CCN(C1CC1)S(=O)(=O)CNc1ccc2c(C(=O)Nc3ccc(F)c(Cl)c3)n(C)nc2c1. The molecule has 1 heterocycles. The fourth-order valence-electron chi connectivity index (χ4n) is 3.81. The lowest BCUT2D eigenvalue weighted by molar-refractivity contribution is 0.101. The van der Waals surface area contributed by atoms with Gasteiger partial charge < -0.3 is 15.5 Å². The Kier molecular flexibility index (Phi) is 7.32. The molecule has 0 saturated heterocycles. The number of amides is 1. The maximum atomic E-state index is 13.4. The number of halogens is 2. The van der Waals surface area contributed by atoms with E-state index in [9.17, 15) is 17.6 Å². The van der Waals surface area contributed by atoms with Gasteiger partial charge in [0.15, 0.2) is 0 Å². The highest BCUT2D eigenvalue weighted by molar-refractivity contribution is 7.89. The van der Waals surface area contributed by atoms with Crippen molar-refractivity contribution in [3.8, 4) is 0 Å². The first-order valence-electron chi connectivity index (χ1n) is 11.2. The van der Waals surface area contributed by atoms with Crippen molar-refractivity contribution in [1.82, 2.24) is 19.0 Å². The molecule has 3 aromatic rings. The Balaban J connectivity index is 1.48. The summed E-state index contributed by atoms with van der Waals surface area (Å²) < 4.78 is 42.4. The Hall–Kier alpha value is -2.73. The predicted octanol–water partition coefficient (Wildman–Crippen LogP) is 3.34. The largest absolute Gasteiger partial charge is 0.370 e. The molecule has 4 rings (SSSR count). The van der Waals surface area contributed by atoms with E-state index < -0.39 is 21.7 Å². The van der Waals surface area contributed by atoms with Crippen LogP contribution in [-0.4, -0.2) is 72.4 Å². The van der Waals surface area contributed by atoms with E-state index in [1.807, 2.05) is 19.0 Å². The number of fused-ring (bicyclic) bond motifs is 1. The Morgan fingerprint density at radius 3 is 2.54 bits per heavy atom. The molecule has 0 radical (unpaired) electrons. The van der Waals surface area contributed by atoms with Crippen LogP contribution >= 0.6 is 11.6 Å². The van der Waals surface area contributed by atoms with Crippen LogP contribution in [0.25, 0.3) is 10.9 Å². The van der Waals surface area contributed by atoms with Crippen LogP contribution in [0.15, 0.2) is 36.4 Å². The van der Waals surface area contributed by atoms with Crippen LogP contribution in [0.1, 0.15) is 23.3 Å². The number of carbonyl (C=O) groups excluding carboxylic acids is 1. The van der Waals surface area contributed by atoms with Crippen molar-refractivity contribution < 1.29 is 17.6 Å². The highest BCUT2D eigenvalue weighted by atomic mass is 35.5. The lowest BCUT2D eigenvalue weighted by Crippen LogP contribution is -2.40. The predicted molar refractivity (Wildman–Crippen MR) is 136 cm³/mol. The number of aromatic nitrogens is 2. The third kappa shape index (κ3) is 5.92. The van der Waals surface area contributed by atoms with Crippen molar-refractivity contribution >= 4 is 49.8 Å². The molecule has 1 aliphatic carbocycles. The summed E-state index contributed by atoms with van der Waals surface area (Å²) in [5, 5.41) is 10.6. The van der Waals surface area contributed by atoms with Gasteiger partial charge in [-0.15, -0.1) is 0 Å². The van der Waals surface area contributed by atoms with E-state index in [1.54, 1.807) is 29.6 Å². The fourth-order valence-corrected chi connectivity index (χ4v) is 5.53. The Morgan fingerprint density at radius 1 is 1.17 bits per heavy atom. The van der Waals surface area contributed by atoms with Gasteiger partial charge in [-0.1, -0.05) is 11.6 Å². The van der Waals surface area contributed by atoms with Crippen LogP contribution in [-0.2, 0) is 17.1 Å². The van der Waals surface area contributed by atoms with Crippen molar-refractivity contribution in [3.63, 3.8) is 0 Å². The van der Waals surface area contributed by atoms with Crippen molar-refractivity contribution in [3.05, 3.63) is 52.9 Å². The zero-order valence-corrected chi connectivity index (χ0v) is 21.3. The molecule has 1 fully saturated rings. The molecular formula is C23H28ClFN6O3S. The number of nitrogens with zero attached hydrogens (tertiary/aromatic N) is 4. The van der Waals surface area contributed by atoms with Gasteiger partial charge in [-0.25, -0.2) is 12.8 Å². The molecule has 35 heavy (non-hydrogen) atoms. The van der Waals surface area contributed by atoms with E-state index in [1.165, 1.54) is 22.9 Å². The van der Waals surface area contributed by atoms with Crippen molar-refractivity contribution in [2.24, 2.45) is 7.05 Å². The number of carbonyl (C=O) groups is 1. The third-order valence-corrected chi connectivity index (χ3v) is 7.76. The summed E-state index contributed by atoms with van der Waals surface area (Å²) in [6.45, 7) is 1.11. The van der Waals surface area contributed by atoms with Gasteiger partial charge in [0.05, 0.1) is 10.5 Å². The second-order valence-corrected chi connectivity index (χ2v) is 11.2. The van der Waals surface area contributed by atoms with Gasteiger partial charge >= 0.3 is 0 Å². The molecular weight excluding hydrogens is 495 g/mol. The minimum atomic E-state index is -3.50. The van der Waals surface area contributed by atoms with Crippen molar-refractivity contribution in [2.75, 3.05) is 43.7 Å². The minimum absolute atomic E-state index is 0.0806. The quantitative estimate of drug-likeness (QED) is 0.423. The maximum absolute atomic E-state index is 13.4. The van der Waals surface area contributed by atoms with Crippen LogP contribution in [0, 0.1) is 5.82 Å². The van der Waals surface area contributed by atoms with Gasteiger partial charge in [-0.05, 0) is 63.3 Å². The first kappa shape index (κ1) is 25.4. The number of anilines is 2. The van der Waals surface area contributed by atoms with Crippen LogP contribution < -0.4 is 10.6 Å². The second-order valence-electron chi connectivity index (χ2n) is 8.87. The molecule has 9 nitrogen and oxygen atoms in total. The molecule has 2 aromatic carbocycles. The van der Waals surface area contributed by atoms with Crippen LogP contribution in [0.4, 0.5) is 15.8 Å². The summed E-state index contributed by atoms with van der Waals surface area (Å²) in [6, 6.07) is 9.15. The van der Waals surface area contributed by atoms with E-state index in [0.717, 1.165) is 12.8 Å². The molecule has 2 N–H and O–H groups in total. The summed E-state index contributed by atoms with van der Waals surface area (Å²) in [6.07, 6.45) is 1.78. The standard InChI is InChI=1S/C23H28ClFN6O3S/c1-29(2)10-11-31(17-6-7-17)35(33,34)14-26-15-4-8-18-21(13-15)28-30(3)22(18)23(32)27-16-5-9-20(25)19(24)12-16/h4-5,8-9,12-13,17,26H,6-7,10-11,14H2,1-3H3,(H,27,32). The molecule has 1 aliphatic rings. The molecule has 1 amide bonds. The average molecular weight is 523 g/mol. The second kappa shape index (κ2) is 10.1. The highest BCUT2D eigenvalue weighted by Gasteiger charge is 2.36.